The molecule has 0 radical (unpaired) electrons. The van der Waals surface area contributed by atoms with Crippen molar-refractivity contribution in [2.45, 2.75) is 26.9 Å². The molecule has 0 bridgehead atoms. The van der Waals surface area contributed by atoms with Crippen molar-refractivity contribution >= 4 is 34.5 Å². The lowest BCUT2D eigenvalue weighted by Gasteiger charge is -2.33. The van der Waals surface area contributed by atoms with Crippen LogP contribution in [0, 0.1) is 13.8 Å². The number of hydrogen-bond donors (Lipinski definition) is 1. The van der Waals surface area contributed by atoms with E-state index in [9.17, 15) is 9.59 Å². The predicted molar refractivity (Wildman–Crippen MR) is 140 cm³/mol. The van der Waals surface area contributed by atoms with E-state index >= 15 is 0 Å². The molecule has 7 heteroatoms. The summed E-state index contributed by atoms with van der Waals surface area (Å²) in [7, 11) is 0. The number of rotatable bonds is 5. The first-order chi connectivity index (χ1) is 16.9. The SMILES string of the molecule is Cc1ccc(NC(=O)CN2C(=O)C(C)Oc3ccc(-c4csc(-c5ccccc5)n4)cc32)c(C)c1. The van der Waals surface area contributed by atoms with Crippen molar-refractivity contribution < 1.29 is 14.3 Å². The summed E-state index contributed by atoms with van der Waals surface area (Å²) in [5.41, 5.74) is 6.11. The smallest absolute Gasteiger partial charge is 0.268 e. The largest absolute Gasteiger partial charge is 0.479 e. The van der Waals surface area contributed by atoms with Crippen molar-refractivity contribution in [3.05, 3.63) is 83.2 Å². The minimum Gasteiger partial charge on any atom is -0.479 e. The first kappa shape index (κ1) is 22.8. The molecule has 2 amide bonds. The summed E-state index contributed by atoms with van der Waals surface area (Å²) in [5, 5.41) is 5.85. The molecule has 4 aromatic rings. The molecular formula is C28H25N3O3S. The van der Waals surface area contributed by atoms with E-state index in [1.54, 1.807) is 18.3 Å². The van der Waals surface area contributed by atoms with Gasteiger partial charge in [-0.1, -0.05) is 48.0 Å². The highest BCUT2D eigenvalue weighted by Crippen LogP contribution is 2.38. The molecule has 5 rings (SSSR count). The first-order valence-electron chi connectivity index (χ1n) is 11.4. The van der Waals surface area contributed by atoms with E-state index in [0.717, 1.165) is 38.6 Å². The van der Waals surface area contributed by atoms with Gasteiger partial charge in [-0.15, -0.1) is 11.3 Å². The van der Waals surface area contributed by atoms with E-state index in [1.165, 1.54) is 4.90 Å². The van der Waals surface area contributed by atoms with Gasteiger partial charge in [0.25, 0.3) is 5.91 Å². The van der Waals surface area contributed by atoms with Crippen LogP contribution in [0.3, 0.4) is 0 Å². The fraction of sp³-hybridized carbons (Fsp3) is 0.179. The molecule has 0 saturated heterocycles. The Labute approximate surface area is 208 Å². The van der Waals surface area contributed by atoms with Crippen LogP contribution in [0.25, 0.3) is 21.8 Å². The molecule has 0 saturated carbocycles. The van der Waals surface area contributed by atoms with Crippen LogP contribution in [-0.4, -0.2) is 29.4 Å². The van der Waals surface area contributed by atoms with Gasteiger partial charge in [-0.05, 0) is 50.6 Å². The number of anilines is 2. The zero-order valence-corrected chi connectivity index (χ0v) is 20.6. The molecule has 1 aliphatic heterocycles. The van der Waals surface area contributed by atoms with Crippen LogP contribution in [-0.2, 0) is 9.59 Å². The fourth-order valence-electron chi connectivity index (χ4n) is 4.14. The van der Waals surface area contributed by atoms with E-state index in [-0.39, 0.29) is 18.4 Å². The summed E-state index contributed by atoms with van der Waals surface area (Å²) in [5.74, 6) is 0.0446. The molecule has 3 aromatic carbocycles. The number of carbonyl (C=O) groups is 2. The van der Waals surface area contributed by atoms with Gasteiger partial charge in [0, 0.05) is 22.2 Å². The number of carbonyl (C=O) groups excluding carboxylic acids is 2. The molecule has 0 fully saturated rings. The molecule has 176 valence electrons. The van der Waals surface area contributed by atoms with Gasteiger partial charge in [0.2, 0.25) is 5.91 Å². The van der Waals surface area contributed by atoms with Crippen LogP contribution >= 0.6 is 11.3 Å². The Morgan fingerprint density at radius 2 is 1.86 bits per heavy atom. The van der Waals surface area contributed by atoms with Gasteiger partial charge < -0.3 is 10.1 Å². The van der Waals surface area contributed by atoms with Crippen molar-refractivity contribution in [1.29, 1.82) is 0 Å². The third kappa shape index (κ3) is 4.68. The molecule has 1 atom stereocenters. The average molecular weight is 484 g/mol. The molecule has 0 spiro atoms. The Balaban J connectivity index is 1.43. The van der Waals surface area contributed by atoms with E-state index in [4.69, 9.17) is 9.72 Å². The Hall–Kier alpha value is -3.97. The van der Waals surface area contributed by atoms with Crippen molar-refractivity contribution in [1.82, 2.24) is 4.98 Å². The number of benzene rings is 3. The second-order valence-corrected chi connectivity index (χ2v) is 9.50. The lowest BCUT2D eigenvalue weighted by molar-refractivity contribution is -0.127. The lowest BCUT2D eigenvalue weighted by Crippen LogP contribution is -2.47. The molecule has 1 N–H and O–H groups in total. The minimum absolute atomic E-state index is 0.108. The quantitative estimate of drug-likeness (QED) is 0.387. The summed E-state index contributed by atoms with van der Waals surface area (Å²) >= 11 is 1.56. The maximum Gasteiger partial charge on any atom is 0.268 e. The predicted octanol–water partition coefficient (Wildman–Crippen LogP) is 5.85. The van der Waals surface area contributed by atoms with E-state index in [2.05, 4.69) is 5.32 Å². The van der Waals surface area contributed by atoms with Gasteiger partial charge in [0.05, 0.1) is 11.4 Å². The molecule has 2 heterocycles. The second kappa shape index (κ2) is 9.35. The molecule has 1 unspecified atom stereocenters. The summed E-state index contributed by atoms with van der Waals surface area (Å²) < 4.78 is 5.83. The van der Waals surface area contributed by atoms with Crippen LogP contribution in [0.4, 0.5) is 11.4 Å². The molecule has 1 aliphatic rings. The Kier molecular flexibility index (Phi) is 6.09. The highest BCUT2D eigenvalue weighted by atomic mass is 32.1. The minimum atomic E-state index is -0.675. The molecule has 1 aromatic heterocycles. The zero-order chi connectivity index (χ0) is 24.5. The van der Waals surface area contributed by atoms with Gasteiger partial charge >= 0.3 is 0 Å². The first-order valence-corrected chi connectivity index (χ1v) is 12.3. The molecule has 35 heavy (non-hydrogen) atoms. The number of amides is 2. The number of ether oxygens (including phenoxy) is 1. The third-order valence-corrected chi connectivity index (χ3v) is 6.84. The number of nitrogens with one attached hydrogen (secondary N) is 1. The van der Waals surface area contributed by atoms with Crippen molar-refractivity contribution in [2.75, 3.05) is 16.8 Å². The lowest BCUT2D eigenvalue weighted by atomic mass is 10.1. The van der Waals surface area contributed by atoms with E-state index < -0.39 is 6.10 Å². The standard InChI is InChI=1S/C28H25N3O3S/c1-17-9-11-22(18(2)13-17)29-26(32)15-31-24-14-21(10-12-25(24)34-19(3)28(31)33)23-16-35-27(30-23)20-7-5-4-6-8-20/h4-14,16,19H,15H2,1-3H3,(H,29,32). The maximum atomic E-state index is 13.0. The van der Waals surface area contributed by atoms with Gasteiger partial charge in [-0.25, -0.2) is 4.98 Å². The Bertz CT molecular complexity index is 1410. The molecule has 0 aliphatic carbocycles. The second-order valence-electron chi connectivity index (χ2n) is 8.64. The summed E-state index contributed by atoms with van der Waals surface area (Å²) in [6.45, 7) is 5.54. The van der Waals surface area contributed by atoms with Crippen LogP contribution in [0.15, 0.2) is 72.1 Å². The number of nitrogens with zero attached hydrogens (tertiary/aromatic N) is 2. The Morgan fingerprint density at radius 3 is 2.63 bits per heavy atom. The third-order valence-electron chi connectivity index (χ3n) is 5.95. The van der Waals surface area contributed by atoms with Crippen LogP contribution in [0.5, 0.6) is 5.75 Å². The number of hydrogen-bond acceptors (Lipinski definition) is 5. The van der Waals surface area contributed by atoms with Crippen molar-refractivity contribution in [3.8, 4) is 27.6 Å². The van der Waals surface area contributed by atoms with Crippen molar-refractivity contribution in [2.24, 2.45) is 0 Å². The topological polar surface area (TPSA) is 71.5 Å². The van der Waals surface area contributed by atoms with Gasteiger partial charge in [-0.3, -0.25) is 14.5 Å². The average Bonchev–Trinajstić information content (AvgIpc) is 3.35. The maximum absolute atomic E-state index is 13.0. The molecular weight excluding hydrogens is 458 g/mol. The summed E-state index contributed by atoms with van der Waals surface area (Å²) in [6, 6.07) is 21.5. The van der Waals surface area contributed by atoms with Crippen LogP contribution < -0.4 is 15.0 Å². The fourth-order valence-corrected chi connectivity index (χ4v) is 4.97. The Morgan fingerprint density at radius 1 is 1.06 bits per heavy atom. The monoisotopic (exact) mass is 483 g/mol. The number of aromatic nitrogens is 1. The number of thiazole rings is 1. The van der Waals surface area contributed by atoms with Gasteiger partial charge in [-0.2, -0.15) is 0 Å². The van der Waals surface area contributed by atoms with Crippen LogP contribution in [0.1, 0.15) is 18.1 Å². The number of fused-ring (bicyclic) bond motifs is 1. The summed E-state index contributed by atoms with van der Waals surface area (Å²) in [4.78, 5) is 32.3. The zero-order valence-electron chi connectivity index (χ0n) is 19.7. The van der Waals surface area contributed by atoms with Gasteiger partial charge in [0.1, 0.15) is 17.3 Å². The highest BCUT2D eigenvalue weighted by molar-refractivity contribution is 7.13. The normalized spacial score (nSPS) is 14.9. The van der Waals surface area contributed by atoms with Gasteiger partial charge in [0.15, 0.2) is 6.10 Å². The van der Waals surface area contributed by atoms with Crippen LogP contribution in [0.2, 0.25) is 0 Å². The summed E-state index contributed by atoms with van der Waals surface area (Å²) in [6.07, 6.45) is -0.675. The molecule has 6 nitrogen and oxygen atoms in total. The highest BCUT2D eigenvalue weighted by Gasteiger charge is 2.33. The number of aryl methyl sites for hydroxylation is 2. The van der Waals surface area contributed by atoms with E-state index in [0.29, 0.717) is 11.4 Å². The van der Waals surface area contributed by atoms with Crippen molar-refractivity contribution in [3.63, 3.8) is 0 Å². The van der Waals surface area contributed by atoms with E-state index in [1.807, 2.05) is 86.0 Å².